The van der Waals surface area contributed by atoms with Crippen molar-refractivity contribution in [2.24, 2.45) is 0 Å². The molecular weight excluding hydrogens is 314 g/mol. The Labute approximate surface area is 136 Å². The van der Waals surface area contributed by atoms with Crippen LogP contribution in [0.1, 0.15) is 28.0 Å². The SMILES string of the molecule is Cc1cc2n(c1)CCC2(C(=O)O)C(=O)c1cccc(S(C)=O)c1. The minimum absolute atomic E-state index is 0.232. The Hall–Kier alpha value is -2.21. The number of carboxylic acids is 1. The quantitative estimate of drug-likeness (QED) is 0.688. The zero-order valence-electron chi connectivity index (χ0n) is 12.9. The van der Waals surface area contributed by atoms with E-state index in [1.807, 2.05) is 17.7 Å². The molecule has 0 aliphatic carbocycles. The lowest BCUT2D eigenvalue weighted by Gasteiger charge is -2.22. The molecule has 1 aromatic carbocycles. The molecule has 0 saturated heterocycles. The van der Waals surface area contributed by atoms with E-state index in [-0.39, 0.29) is 12.0 Å². The molecule has 1 aliphatic rings. The number of ketones is 1. The molecule has 1 N–H and O–H groups in total. The molecule has 2 aromatic rings. The fourth-order valence-corrected chi connectivity index (χ4v) is 3.79. The number of aromatic nitrogens is 1. The van der Waals surface area contributed by atoms with E-state index in [0.29, 0.717) is 17.1 Å². The van der Waals surface area contributed by atoms with Gasteiger partial charge in [0, 0.05) is 45.9 Å². The summed E-state index contributed by atoms with van der Waals surface area (Å²) in [6.45, 7) is 2.38. The molecule has 0 radical (unpaired) electrons. The van der Waals surface area contributed by atoms with Gasteiger partial charge in [0.1, 0.15) is 0 Å². The van der Waals surface area contributed by atoms with Crippen molar-refractivity contribution >= 4 is 22.6 Å². The number of rotatable bonds is 4. The lowest BCUT2D eigenvalue weighted by atomic mass is 9.76. The van der Waals surface area contributed by atoms with Gasteiger partial charge in [0.2, 0.25) is 0 Å². The van der Waals surface area contributed by atoms with E-state index in [9.17, 15) is 18.9 Å². The topological polar surface area (TPSA) is 76.4 Å². The third-order valence-electron chi connectivity index (χ3n) is 4.38. The Kier molecular flexibility index (Phi) is 3.72. The van der Waals surface area contributed by atoms with E-state index in [0.717, 1.165) is 5.56 Å². The molecule has 1 aromatic heterocycles. The number of hydrogen-bond donors (Lipinski definition) is 1. The Morgan fingerprint density at radius 1 is 1.30 bits per heavy atom. The number of fused-ring (bicyclic) bond motifs is 1. The average molecular weight is 331 g/mol. The monoisotopic (exact) mass is 331 g/mol. The molecule has 23 heavy (non-hydrogen) atoms. The highest BCUT2D eigenvalue weighted by atomic mass is 32.2. The molecule has 0 fully saturated rings. The number of Topliss-reactive ketones (excluding diaryl/α,β-unsaturated/α-hetero) is 1. The van der Waals surface area contributed by atoms with Gasteiger partial charge in [0.25, 0.3) is 0 Å². The summed E-state index contributed by atoms with van der Waals surface area (Å²) in [5.41, 5.74) is 0.173. The summed E-state index contributed by atoms with van der Waals surface area (Å²) in [7, 11) is -1.23. The van der Waals surface area contributed by atoms with Gasteiger partial charge >= 0.3 is 5.97 Å². The summed E-state index contributed by atoms with van der Waals surface area (Å²) in [5.74, 6) is -1.59. The van der Waals surface area contributed by atoms with Crippen LogP contribution in [0.25, 0.3) is 0 Å². The summed E-state index contributed by atoms with van der Waals surface area (Å²) in [6.07, 6.45) is 3.63. The van der Waals surface area contributed by atoms with Crippen LogP contribution in [-0.2, 0) is 27.6 Å². The number of aliphatic carboxylic acids is 1. The number of aryl methyl sites for hydroxylation is 2. The molecule has 0 amide bonds. The first-order chi connectivity index (χ1) is 10.9. The Morgan fingerprint density at radius 3 is 2.70 bits per heavy atom. The fraction of sp³-hybridized carbons (Fsp3) is 0.294. The van der Waals surface area contributed by atoms with E-state index in [1.54, 1.807) is 24.3 Å². The Balaban J connectivity index is 2.14. The summed E-state index contributed by atoms with van der Waals surface area (Å²) in [5, 5.41) is 9.84. The molecule has 2 heterocycles. The molecule has 1 aliphatic heterocycles. The highest BCUT2D eigenvalue weighted by Crippen LogP contribution is 2.39. The number of hydrogen-bond acceptors (Lipinski definition) is 3. The summed E-state index contributed by atoms with van der Waals surface area (Å²) >= 11 is 0. The molecule has 0 saturated carbocycles. The maximum absolute atomic E-state index is 13.1. The smallest absolute Gasteiger partial charge is 0.323 e. The third kappa shape index (κ3) is 2.34. The van der Waals surface area contributed by atoms with Gasteiger partial charge in [-0.2, -0.15) is 0 Å². The van der Waals surface area contributed by atoms with Crippen molar-refractivity contribution in [3.63, 3.8) is 0 Å². The first-order valence-electron chi connectivity index (χ1n) is 7.25. The van der Waals surface area contributed by atoms with Crippen LogP contribution in [0.4, 0.5) is 0 Å². The Bertz CT molecular complexity index is 839. The molecular formula is C17H17NO4S. The molecule has 2 unspecified atom stereocenters. The van der Waals surface area contributed by atoms with Gasteiger partial charge in [-0.3, -0.25) is 13.8 Å². The highest BCUT2D eigenvalue weighted by molar-refractivity contribution is 7.84. The van der Waals surface area contributed by atoms with E-state index in [2.05, 4.69) is 0 Å². The minimum atomic E-state index is -1.57. The van der Waals surface area contributed by atoms with Crippen LogP contribution in [0.3, 0.4) is 0 Å². The maximum Gasteiger partial charge on any atom is 0.323 e. The van der Waals surface area contributed by atoms with Crippen LogP contribution in [0.15, 0.2) is 41.4 Å². The molecule has 5 nitrogen and oxygen atoms in total. The van der Waals surface area contributed by atoms with Crippen molar-refractivity contribution in [1.29, 1.82) is 0 Å². The second-order valence-electron chi connectivity index (χ2n) is 5.87. The number of carbonyl (C=O) groups is 2. The van der Waals surface area contributed by atoms with E-state index < -0.39 is 28.0 Å². The van der Waals surface area contributed by atoms with Gasteiger partial charge in [-0.05, 0) is 37.1 Å². The van der Waals surface area contributed by atoms with Crippen LogP contribution in [0.2, 0.25) is 0 Å². The summed E-state index contributed by atoms with van der Waals surface area (Å²) < 4.78 is 13.5. The number of benzene rings is 1. The maximum atomic E-state index is 13.1. The number of nitrogens with zero attached hydrogens (tertiary/aromatic N) is 1. The summed E-state index contributed by atoms with van der Waals surface area (Å²) in [4.78, 5) is 25.6. The lowest BCUT2D eigenvalue weighted by Crippen LogP contribution is -2.42. The molecule has 0 bridgehead atoms. The second-order valence-corrected chi connectivity index (χ2v) is 7.25. The number of carboxylic acid groups (broad SMARTS) is 1. The van der Waals surface area contributed by atoms with E-state index >= 15 is 0 Å². The van der Waals surface area contributed by atoms with Crippen LogP contribution >= 0.6 is 0 Å². The minimum Gasteiger partial charge on any atom is -0.480 e. The van der Waals surface area contributed by atoms with Crippen molar-refractivity contribution in [2.75, 3.05) is 6.26 Å². The third-order valence-corrected chi connectivity index (χ3v) is 5.30. The largest absolute Gasteiger partial charge is 0.480 e. The van der Waals surface area contributed by atoms with Crippen molar-refractivity contribution in [1.82, 2.24) is 4.57 Å². The van der Waals surface area contributed by atoms with E-state index in [1.165, 1.54) is 12.3 Å². The van der Waals surface area contributed by atoms with Crippen molar-refractivity contribution in [3.05, 3.63) is 53.3 Å². The molecule has 3 rings (SSSR count). The van der Waals surface area contributed by atoms with Gasteiger partial charge in [0.05, 0.1) is 0 Å². The highest BCUT2D eigenvalue weighted by Gasteiger charge is 2.52. The molecule has 6 heteroatoms. The van der Waals surface area contributed by atoms with Gasteiger partial charge < -0.3 is 9.67 Å². The first kappa shape index (κ1) is 15.7. The van der Waals surface area contributed by atoms with E-state index in [4.69, 9.17) is 0 Å². The second kappa shape index (κ2) is 5.45. The van der Waals surface area contributed by atoms with Crippen LogP contribution in [0.5, 0.6) is 0 Å². The standard InChI is InChI=1S/C17H17NO4S/c1-11-8-14-17(16(20)21,6-7-18(14)10-11)15(19)12-4-3-5-13(9-12)23(2)22/h3-5,8-10H,6-7H2,1-2H3,(H,20,21). The molecule has 2 atom stereocenters. The molecule has 120 valence electrons. The average Bonchev–Trinajstić information content (AvgIpc) is 3.04. The van der Waals surface area contributed by atoms with Crippen LogP contribution in [-0.4, -0.2) is 31.9 Å². The first-order valence-corrected chi connectivity index (χ1v) is 8.81. The van der Waals surface area contributed by atoms with Gasteiger partial charge in [0.15, 0.2) is 11.2 Å². The zero-order valence-corrected chi connectivity index (χ0v) is 13.7. The van der Waals surface area contributed by atoms with Crippen LogP contribution in [0, 0.1) is 6.92 Å². The van der Waals surface area contributed by atoms with Crippen molar-refractivity contribution in [3.8, 4) is 0 Å². The predicted octanol–water partition coefficient (Wildman–Crippen LogP) is 2.14. The van der Waals surface area contributed by atoms with Gasteiger partial charge in [-0.1, -0.05) is 12.1 Å². The summed E-state index contributed by atoms with van der Waals surface area (Å²) in [6, 6.07) is 8.19. The number of carbonyl (C=O) groups excluding carboxylic acids is 1. The lowest BCUT2D eigenvalue weighted by molar-refractivity contribution is -0.141. The van der Waals surface area contributed by atoms with Gasteiger partial charge in [-0.25, -0.2) is 0 Å². The normalized spacial score (nSPS) is 21.0. The fourth-order valence-electron chi connectivity index (χ4n) is 3.23. The van der Waals surface area contributed by atoms with Crippen molar-refractivity contribution in [2.45, 2.75) is 30.2 Å². The van der Waals surface area contributed by atoms with Gasteiger partial charge in [-0.15, -0.1) is 0 Å². The Morgan fingerprint density at radius 2 is 2.04 bits per heavy atom. The predicted molar refractivity (Wildman–Crippen MR) is 86.2 cm³/mol. The molecule has 0 spiro atoms. The zero-order chi connectivity index (χ0) is 16.8. The van der Waals surface area contributed by atoms with Crippen molar-refractivity contribution < 1.29 is 18.9 Å². The van der Waals surface area contributed by atoms with Crippen LogP contribution < -0.4 is 0 Å².